The van der Waals surface area contributed by atoms with E-state index in [2.05, 4.69) is 28.6 Å². The van der Waals surface area contributed by atoms with Crippen LogP contribution in [-0.2, 0) is 23.2 Å². The highest BCUT2D eigenvalue weighted by Gasteiger charge is 2.46. The number of anilines is 2. The molecular weight excluding hydrogens is 671 g/mol. The van der Waals surface area contributed by atoms with Crippen molar-refractivity contribution < 1.29 is 23.9 Å². The van der Waals surface area contributed by atoms with Gasteiger partial charge in [-0.3, -0.25) is 19.0 Å². The van der Waals surface area contributed by atoms with Gasteiger partial charge in [-0.2, -0.15) is 0 Å². The highest BCUT2D eigenvalue weighted by atomic mass is 32.1. The molecule has 0 saturated carbocycles. The number of nitrogens with one attached hydrogen (secondary N) is 1. The van der Waals surface area contributed by atoms with Crippen molar-refractivity contribution in [1.29, 1.82) is 0 Å². The molecule has 1 saturated heterocycles. The molecule has 4 aromatic carbocycles. The zero-order chi connectivity index (χ0) is 34.9. The molecule has 2 aromatic heterocycles. The smallest absolute Gasteiger partial charge is 0.325 e. The molecule has 0 spiro atoms. The van der Waals surface area contributed by atoms with Gasteiger partial charge in [0.25, 0.3) is 11.6 Å². The van der Waals surface area contributed by atoms with E-state index in [1.54, 1.807) is 53.6 Å². The van der Waals surface area contributed by atoms with Gasteiger partial charge in [-0.15, -0.1) is 11.3 Å². The fourth-order valence-corrected chi connectivity index (χ4v) is 7.13. The van der Waals surface area contributed by atoms with E-state index in [0.717, 1.165) is 26.4 Å². The zero-order valence-electron chi connectivity index (χ0n) is 27.4. The first-order valence-corrected chi connectivity index (χ1v) is 17.0. The molecule has 0 radical (unpaired) electrons. The Morgan fingerprint density at radius 2 is 1.74 bits per heavy atom. The number of fused-ring (bicyclic) bond motifs is 1. The minimum absolute atomic E-state index is 0.00216. The molecule has 6 aromatic rings. The lowest BCUT2D eigenvalue weighted by atomic mass is 10.1. The molecule has 1 fully saturated rings. The summed E-state index contributed by atoms with van der Waals surface area (Å²) in [4.78, 5) is 39.6. The molecule has 11 nitrogen and oxygen atoms in total. The van der Waals surface area contributed by atoms with Crippen LogP contribution in [0.4, 0.5) is 17.3 Å². The van der Waals surface area contributed by atoms with Crippen LogP contribution in [0.1, 0.15) is 28.8 Å². The third-order valence-electron chi connectivity index (χ3n) is 8.38. The van der Waals surface area contributed by atoms with Crippen molar-refractivity contribution in [1.82, 2.24) is 15.2 Å². The van der Waals surface area contributed by atoms with Gasteiger partial charge in [0.2, 0.25) is 11.2 Å². The normalized spacial score (nSPS) is 14.9. The highest BCUT2D eigenvalue weighted by molar-refractivity contribution is 7.80. The quantitative estimate of drug-likeness (QED) is 0.0923. The molecule has 0 bridgehead atoms. The van der Waals surface area contributed by atoms with Crippen molar-refractivity contribution >= 4 is 73.9 Å². The lowest BCUT2D eigenvalue weighted by Crippen LogP contribution is -2.42. The van der Waals surface area contributed by atoms with Crippen LogP contribution < -0.4 is 20.0 Å². The van der Waals surface area contributed by atoms with Gasteiger partial charge < -0.3 is 15.3 Å². The molecule has 1 N–H and O–H groups in total. The van der Waals surface area contributed by atoms with E-state index in [0.29, 0.717) is 22.6 Å². The van der Waals surface area contributed by atoms with Crippen LogP contribution in [0.5, 0.6) is 0 Å². The summed E-state index contributed by atoms with van der Waals surface area (Å²) in [6.45, 7) is 4.01. The van der Waals surface area contributed by atoms with Crippen LogP contribution in [0.15, 0.2) is 107 Å². The molecule has 1 atom stereocenters. The van der Waals surface area contributed by atoms with E-state index in [1.165, 1.54) is 15.1 Å². The van der Waals surface area contributed by atoms with E-state index in [-0.39, 0.29) is 35.8 Å². The molecule has 3 heterocycles. The summed E-state index contributed by atoms with van der Waals surface area (Å²) in [5, 5.41) is 20.9. The number of rotatable bonds is 9. The van der Waals surface area contributed by atoms with Crippen LogP contribution in [0.3, 0.4) is 0 Å². The Morgan fingerprint density at radius 3 is 2.48 bits per heavy atom. The van der Waals surface area contributed by atoms with E-state index < -0.39 is 11.9 Å². The fourth-order valence-electron chi connectivity index (χ4n) is 5.68. The van der Waals surface area contributed by atoms with Crippen molar-refractivity contribution in [2.75, 3.05) is 10.2 Å². The topological polar surface area (TPSA) is 131 Å². The third-order valence-corrected chi connectivity index (χ3v) is 9.86. The second kappa shape index (κ2) is 13.6. The Kier molecular flexibility index (Phi) is 8.91. The molecule has 250 valence electrons. The average Bonchev–Trinajstić information content (AvgIpc) is 3.76. The van der Waals surface area contributed by atoms with E-state index in [4.69, 9.17) is 21.7 Å². The minimum atomic E-state index is -0.957. The lowest BCUT2D eigenvalue weighted by Gasteiger charge is -2.22. The third kappa shape index (κ3) is 6.60. The molecular formula is C37H31N7O4S2. The number of thiocarbonyl (C=S) groups is 1. The predicted molar refractivity (Wildman–Crippen MR) is 194 cm³/mol. The number of carbonyl (C=O) groups excluding carboxylic acids is 2. The van der Waals surface area contributed by atoms with E-state index >= 15 is 0 Å². The van der Waals surface area contributed by atoms with Gasteiger partial charge in [0.1, 0.15) is 17.6 Å². The average molecular weight is 702 g/mol. The number of aliphatic imine (C=N–C) groups is 1. The SMILES string of the molecule is Cc1ccc(N2C(=O)C(CC(=O)Nc3ccc(-c4nc5ccc(C)cc5s4)cc3)N(Cc3c(/N=C(\[O-])c4ccccc4)on[n+]3C)C2=S)cc1. The summed E-state index contributed by atoms with van der Waals surface area (Å²) in [5.74, 6) is -1.25. The summed E-state index contributed by atoms with van der Waals surface area (Å²) >= 11 is 7.48. The maximum absolute atomic E-state index is 14.0. The molecule has 1 aliphatic heterocycles. The molecule has 50 heavy (non-hydrogen) atoms. The Hall–Kier alpha value is -5.79. The van der Waals surface area contributed by atoms with Crippen molar-refractivity contribution in [3.63, 3.8) is 0 Å². The standard InChI is InChI=1S/C37H31N7O4S2/c1-22-9-16-27(17-10-22)44-36(47)29(43(37(44)49)21-30-34(48-41-42(30)3)40-33(46)24-7-5-4-6-8-24)20-32(45)38-26-14-12-25(13-15-26)35-39-28-18-11-23(2)19-31(28)50-35/h4-19,29H,20-21H2,1-3H3,(H-,38,39,40,41,45,46). The Morgan fingerprint density at radius 1 is 1.02 bits per heavy atom. The van der Waals surface area contributed by atoms with Crippen LogP contribution >= 0.6 is 23.6 Å². The van der Waals surface area contributed by atoms with Gasteiger partial charge in [-0.25, -0.2) is 9.98 Å². The summed E-state index contributed by atoms with van der Waals surface area (Å²) < 4.78 is 7.97. The van der Waals surface area contributed by atoms with Gasteiger partial charge in [0.05, 0.1) is 22.3 Å². The molecule has 0 aliphatic carbocycles. The van der Waals surface area contributed by atoms with Gasteiger partial charge in [-0.05, 0) is 96.3 Å². The first-order valence-electron chi connectivity index (χ1n) is 15.8. The monoisotopic (exact) mass is 701 g/mol. The number of benzene rings is 4. The van der Waals surface area contributed by atoms with Crippen LogP contribution in [0.2, 0.25) is 0 Å². The molecule has 2 amide bonds. The predicted octanol–water partition coefficient (Wildman–Crippen LogP) is 5.36. The van der Waals surface area contributed by atoms with Crippen molar-refractivity contribution in [3.05, 3.63) is 119 Å². The summed E-state index contributed by atoms with van der Waals surface area (Å²) in [5.41, 5.74) is 6.03. The van der Waals surface area contributed by atoms with Crippen LogP contribution in [0, 0.1) is 13.8 Å². The fraction of sp³-hybridized carbons (Fsp3) is 0.162. The van der Waals surface area contributed by atoms with Crippen molar-refractivity contribution in [2.45, 2.75) is 32.9 Å². The lowest BCUT2D eigenvalue weighted by molar-refractivity contribution is -0.746. The van der Waals surface area contributed by atoms with E-state index in [9.17, 15) is 14.7 Å². The maximum Gasteiger partial charge on any atom is 0.325 e. The maximum atomic E-state index is 14.0. The summed E-state index contributed by atoms with van der Waals surface area (Å²) in [6, 6.07) is 28.7. The Labute approximate surface area is 297 Å². The van der Waals surface area contributed by atoms with Gasteiger partial charge >= 0.3 is 5.88 Å². The number of amides is 2. The number of hydrogen-bond donors (Lipinski definition) is 1. The molecule has 1 unspecified atom stereocenters. The number of hydrogen-bond acceptors (Lipinski definition) is 9. The highest BCUT2D eigenvalue weighted by Crippen LogP contribution is 2.33. The second-order valence-electron chi connectivity index (χ2n) is 12.0. The number of carbonyl (C=O) groups is 2. The summed E-state index contributed by atoms with van der Waals surface area (Å²) in [7, 11) is 1.64. The first kappa shape index (κ1) is 32.7. The Bertz CT molecular complexity index is 2270. The largest absolute Gasteiger partial charge is 0.858 e. The van der Waals surface area contributed by atoms with Gasteiger partial charge in [0, 0.05) is 11.3 Å². The first-order chi connectivity index (χ1) is 24.1. The minimum Gasteiger partial charge on any atom is -0.858 e. The number of aryl methyl sites for hydroxylation is 3. The van der Waals surface area contributed by atoms with Crippen molar-refractivity contribution in [3.8, 4) is 10.6 Å². The molecule has 13 heteroatoms. The van der Waals surface area contributed by atoms with Gasteiger partial charge in [-0.1, -0.05) is 54.1 Å². The second-order valence-corrected chi connectivity index (χ2v) is 13.4. The van der Waals surface area contributed by atoms with Crippen LogP contribution in [-0.4, -0.2) is 44.0 Å². The number of aromatic nitrogens is 3. The van der Waals surface area contributed by atoms with Crippen molar-refractivity contribution in [2.24, 2.45) is 12.0 Å². The van der Waals surface area contributed by atoms with Crippen LogP contribution in [0.25, 0.3) is 20.8 Å². The zero-order valence-corrected chi connectivity index (χ0v) is 29.0. The number of thiazole rings is 1. The number of nitrogens with zero attached hydrogens (tertiary/aromatic N) is 6. The Balaban J connectivity index is 1.13. The van der Waals surface area contributed by atoms with E-state index in [1.807, 2.05) is 67.6 Å². The van der Waals surface area contributed by atoms with Gasteiger partial charge in [0.15, 0.2) is 12.2 Å². The summed E-state index contributed by atoms with van der Waals surface area (Å²) in [6.07, 6.45) is -0.190. The molecule has 1 aliphatic rings. The molecule has 7 rings (SSSR count).